The zero-order chi connectivity index (χ0) is 14.3. The summed E-state index contributed by atoms with van der Waals surface area (Å²) < 4.78 is 25.4. The Hall–Kier alpha value is -0.800. The fraction of sp³-hybridized carbons (Fsp3) is 0.455. The van der Waals surface area contributed by atoms with E-state index in [1.807, 2.05) is 12.1 Å². The Morgan fingerprint density at radius 1 is 1.42 bits per heavy atom. The second kappa shape index (κ2) is 7.71. The van der Waals surface area contributed by atoms with Gasteiger partial charge in [-0.3, -0.25) is 0 Å². The molecule has 0 saturated heterocycles. The fourth-order valence-corrected chi connectivity index (χ4v) is 3.67. The maximum Gasteiger partial charge on any atom is 0.212 e. The zero-order valence-electron chi connectivity index (χ0n) is 10.3. The molecule has 0 aromatic heterocycles. The van der Waals surface area contributed by atoms with Crippen LogP contribution in [0.5, 0.6) is 0 Å². The van der Waals surface area contributed by atoms with E-state index in [0.29, 0.717) is 11.4 Å². The van der Waals surface area contributed by atoms with Crippen LogP contribution >= 0.6 is 11.8 Å². The first kappa shape index (κ1) is 16.3. The van der Waals surface area contributed by atoms with Gasteiger partial charge in [0, 0.05) is 22.9 Å². The highest BCUT2D eigenvalue weighted by atomic mass is 32.2. The lowest BCUT2D eigenvalue weighted by molar-refractivity contribution is 0.0988. The van der Waals surface area contributed by atoms with E-state index in [9.17, 15) is 8.42 Å². The number of nitrogen functional groups attached to an aromatic ring is 1. The molecule has 0 aliphatic carbocycles. The van der Waals surface area contributed by atoms with Crippen molar-refractivity contribution in [3.8, 4) is 0 Å². The molecule has 0 radical (unpaired) electrons. The van der Waals surface area contributed by atoms with Crippen LogP contribution in [0.15, 0.2) is 29.2 Å². The van der Waals surface area contributed by atoms with Gasteiger partial charge in [-0.25, -0.2) is 13.1 Å². The van der Waals surface area contributed by atoms with Crippen LogP contribution in [0.1, 0.15) is 0 Å². The molecule has 6 nitrogen and oxygen atoms in total. The number of hydrogen-bond acceptors (Lipinski definition) is 6. The van der Waals surface area contributed by atoms with Gasteiger partial charge in [0.05, 0.1) is 18.5 Å². The van der Waals surface area contributed by atoms with Crippen LogP contribution in [-0.2, 0) is 10.0 Å². The summed E-state index contributed by atoms with van der Waals surface area (Å²) in [6.07, 6.45) is -1.07. The van der Waals surface area contributed by atoms with Crippen molar-refractivity contribution in [2.24, 2.45) is 0 Å². The molecule has 0 fully saturated rings. The maximum absolute atomic E-state index is 11.6. The number of sulfonamides is 1. The van der Waals surface area contributed by atoms with Crippen LogP contribution in [-0.4, -0.2) is 49.4 Å². The number of nitrogens with one attached hydrogen (secondary N) is 1. The van der Waals surface area contributed by atoms with E-state index in [0.717, 1.165) is 4.90 Å². The normalized spacial score (nSPS) is 13.4. The van der Waals surface area contributed by atoms with E-state index >= 15 is 0 Å². The average Bonchev–Trinajstić information content (AvgIpc) is 2.36. The topological polar surface area (TPSA) is 113 Å². The van der Waals surface area contributed by atoms with Gasteiger partial charge in [-0.15, -0.1) is 11.8 Å². The number of rotatable bonds is 8. The summed E-state index contributed by atoms with van der Waals surface area (Å²) in [4.78, 5) is 0.908. The lowest BCUT2D eigenvalue weighted by atomic mass is 10.3. The molecule has 5 N–H and O–H groups in total. The van der Waals surface area contributed by atoms with E-state index in [-0.39, 0.29) is 12.3 Å². The van der Waals surface area contributed by atoms with Crippen molar-refractivity contribution < 1.29 is 18.6 Å². The summed E-state index contributed by atoms with van der Waals surface area (Å²) in [6.45, 7) is -0.650. The van der Waals surface area contributed by atoms with Crippen molar-refractivity contribution in [1.82, 2.24) is 4.72 Å². The van der Waals surface area contributed by atoms with E-state index in [4.69, 9.17) is 15.9 Å². The molecule has 8 heteroatoms. The minimum absolute atomic E-state index is 0.0649. The highest BCUT2D eigenvalue weighted by Gasteiger charge is 2.12. The molecular formula is C11H18N2O4S2. The largest absolute Gasteiger partial charge is 0.399 e. The third-order valence-corrected chi connectivity index (χ3v) is 4.83. The van der Waals surface area contributed by atoms with Crippen LogP contribution < -0.4 is 10.5 Å². The second-order valence-corrected chi connectivity index (χ2v) is 7.02. The summed E-state index contributed by atoms with van der Waals surface area (Å²) in [5.74, 6) is 0.318. The molecular weight excluding hydrogens is 288 g/mol. The zero-order valence-corrected chi connectivity index (χ0v) is 12.0. The number of aliphatic hydroxyl groups excluding tert-OH is 2. The van der Waals surface area contributed by atoms with E-state index in [2.05, 4.69) is 4.72 Å². The number of nitrogens with two attached hydrogens (primary N) is 1. The lowest BCUT2D eigenvalue weighted by Gasteiger charge is -2.09. The molecule has 1 aromatic rings. The van der Waals surface area contributed by atoms with Gasteiger partial charge in [-0.05, 0) is 18.2 Å². The Morgan fingerprint density at radius 3 is 2.79 bits per heavy atom. The van der Waals surface area contributed by atoms with Gasteiger partial charge in [0.2, 0.25) is 10.0 Å². The Balaban J connectivity index is 2.35. The van der Waals surface area contributed by atoms with Gasteiger partial charge in [-0.2, -0.15) is 0 Å². The first-order chi connectivity index (χ1) is 8.93. The van der Waals surface area contributed by atoms with Crippen molar-refractivity contribution in [3.63, 3.8) is 0 Å². The van der Waals surface area contributed by atoms with Crippen molar-refractivity contribution in [3.05, 3.63) is 24.3 Å². The maximum atomic E-state index is 11.6. The first-order valence-corrected chi connectivity index (χ1v) is 8.31. The molecule has 0 bridgehead atoms. The highest BCUT2D eigenvalue weighted by molar-refractivity contribution is 8.00. The Labute approximate surface area is 117 Å². The number of benzene rings is 1. The molecule has 1 unspecified atom stereocenters. The number of anilines is 1. The summed E-state index contributed by atoms with van der Waals surface area (Å²) in [5.41, 5.74) is 6.25. The molecule has 0 heterocycles. The Morgan fingerprint density at radius 2 is 2.16 bits per heavy atom. The minimum atomic E-state index is -3.44. The summed E-state index contributed by atoms with van der Waals surface area (Å²) in [5, 5.41) is 17.6. The summed E-state index contributed by atoms with van der Waals surface area (Å²) in [7, 11) is -3.44. The molecule has 19 heavy (non-hydrogen) atoms. The summed E-state index contributed by atoms with van der Waals surface area (Å²) >= 11 is 1.39. The number of thioether (sulfide) groups is 1. The molecule has 108 valence electrons. The standard InChI is InChI=1S/C11H18N2O4S2/c12-9-2-1-3-11(6-9)18-4-5-19(16,17)13-7-10(15)8-14/h1-3,6,10,13-15H,4-5,7-8,12H2. The molecule has 0 saturated carbocycles. The van der Waals surface area contributed by atoms with Crippen LogP contribution in [0.2, 0.25) is 0 Å². The van der Waals surface area contributed by atoms with E-state index < -0.39 is 22.7 Å². The van der Waals surface area contributed by atoms with Crippen LogP contribution in [0, 0.1) is 0 Å². The first-order valence-electron chi connectivity index (χ1n) is 5.67. The van der Waals surface area contributed by atoms with Crippen LogP contribution in [0.3, 0.4) is 0 Å². The van der Waals surface area contributed by atoms with Gasteiger partial charge in [0.1, 0.15) is 0 Å². The smallest absolute Gasteiger partial charge is 0.212 e. The Kier molecular flexibility index (Phi) is 6.59. The predicted octanol–water partition coefficient (Wildman–Crippen LogP) is -0.366. The third kappa shape index (κ3) is 6.79. The van der Waals surface area contributed by atoms with Crippen LogP contribution in [0.4, 0.5) is 5.69 Å². The van der Waals surface area contributed by atoms with Gasteiger partial charge < -0.3 is 15.9 Å². The number of hydrogen-bond donors (Lipinski definition) is 4. The van der Waals surface area contributed by atoms with Crippen molar-refractivity contribution in [2.75, 3.05) is 30.4 Å². The fourth-order valence-electron chi connectivity index (χ4n) is 1.23. The molecule has 1 aromatic carbocycles. The number of aliphatic hydroxyl groups is 2. The molecule has 0 aliphatic rings. The summed E-state index contributed by atoms with van der Waals surface area (Å²) in [6, 6.07) is 7.21. The van der Waals surface area contributed by atoms with Gasteiger partial charge in [-0.1, -0.05) is 6.07 Å². The lowest BCUT2D eigenvalue weighted by Crippen LogP contribution is -2.35. The third-order valence-electron chi connectivity index (χ3n) is 2.23. The van der Waals surface area contributed by atoms with Gasteiger partial charge >= 0.3 is 0 Å². The van der Waals surface area contributed by atoms with E-state index in [1.165, 1.54) is 11.8 Å². The Bertz CT molecular complexity index is 493. The van der Waals surface area contributed by atoms with Crippen LogP contribution in [0.25, 0.3) is 0 Å². The molecule has 1 rings (SSSR count). The minimum Gasteiger partial charge on any atom is -0.399 e. The van der Waals surface area contributed by atoms with E-state index in [1.54, 1.807) is 12.1 Å². The van der Waals surface area contributed by atoms with Crippen molar-refractivity contribution in [1.29, 1.82) is 0 Å². The monoisotopic (exact) mass is 306 g/mol. The quantitative estimate of drug-likeness (QED) is 0.385. The molecule has 0 amide bonds. The highest BCUT2D eigenvalue weighted by Crippen LogP contribution is 2.20. The van der Waals surface area contributed by atoms with Gasteiger partial charge in [0.25, 0.3) is 0 Å². The average molecular weight is 306 g/mol. The molecule has 0 aliphatic heterocycles. The molecule has 0 spiro atoms. The SMILES string of the molecule is Nc1cccc(SCCS(=O)(=O)NCC(O)CO)c1. The van der Waals surface area contributed by atoms with Crippen molar-refractivity contribution in [2.45, 2.75) is 11.0 Å². The predicted molar refractivity (Wildman–Crippen MR) is 76.5 cm³/mol. The van der Waals surface area contributed by atoms with Crippen molar-refractivity contribution >= 4 is 27.5 Å². The molecule has 1 atom stereocenters. The second-order valence-electron chi connectivity index (χ2n) is 3.92. The van der Waals surface area contributed by atoms with Gasteiger partial charge in [0.15, 0.2) is 0 Å².